The molecule has 0 aromatic carbocycles. The number of aldehydes is 1. The number of hydrogen-bond donors (Lipinski definition) is 0. The summed E-state index contributed by atoms with van der Waals surface area (Å²) in [5.41, 5.74) is -1.32. The molecule has 1 aliphatic carbocycles. The first kappa shape index (κ1) is 22.3. The van der Waals surface area contributed by atoms with Crippen molar-refractivity contribution in [2.45, 2.75) is 52.1 Å². The van der Waals surface area contributed by atoms with Gasteiger partial charge in [0.2, 0.25) is 6.29 Å². The Morgan fingerprint density at radius 3 is 2.54 bits per heavy atom. The van der Waals surface area contributed by atoms with Crippen LogP contribution >= 0.6 is 0 Å². The molecule has 1 spiro atoms. The highest BCUT2D eigenvalue weighted by Gasteiger charge is 2.60. The van der Waals surface area contributed by atoms with E-state index >= 15 is 0 Å². The third kappa shape index (κ3) is 4.34. The molecule has 0 radical (unpaired) electrons. The standard InChI is InChI=1S/C20H28O8/c1-12(16(22)25-6)7-14-15(26-11-24-5)8-13(10-21)9-20(14)17(23)27-18(28-20)19(2,3)4/h7-8,10,14-15,18H,9,11H2,1-6H3/b12-7+/t14-,15+,18+,20+/m1/s1. The Bertz CT molecular complexity index is 687. The van der Waals surface area contributed by atoms with Crippen LogP contribution in [0.15, 0.2) is 23.3 Å². The summed E-state index contributed by atoms with van der Waals surface area (Å²) in [7, 11) is 2.74. The van der Waals surface area contributed by atoms with Crippen molar-refractivity contribution in [3.05, 3.63) is 23.3 Å². The normalized spacial score (nSPS) is 30.8. The summed E-state index contributed by atoms with van der Waals surface area (Å²) in [6.45, 7) is 7.16. The average molecular weight is 396 g/mol. The molecule has 0 unspecified atom stereocenters. The fourth-order valence-corrected chi connectivity index (χ4v) is 3.31. The molecule has 1 saturated heterocycles. The third-order valence-corrected chi connectivity index (χ3v) is 4.79. The van der Waals surface area contributed by atoms with Crippen LogP contribution in [0.1, 0.15) is 34.1 Å². The molecular formula is C20H28O8. The van der Waals surface area contributed by atoms with Crippen LogP contribution in [0.3, 0.4) is 0 Å². The van der Waals surface area contributed by atoms with E-state index in [1.165, 1.54) is 14.2 Å². The lowest BCUT2D eigenvalue weighted by Crippen LogP contribution is -2.52. The molecule has 0 aromatic heterocycles. The van der Waals surface area contributed by atoms with E-state index < -0.39 is 41.3 Å². The molecular weight excluding hydrogens is 368 g/mol. The number of ether oxygens (including phenoxy) is 5. The topological polar surface area (TPSA) is 97.4 Å². The van der Waals surface area contributed by atoms with Gasteiger partial charge in [0.1, 0.15) is 13.1 Å². The smallest absolute Gasteiger partial charge is 0.342 e. The first-order valence-corrected chi connectivity index (χ1v) is 9.01. The summed E-state index contributed by atoms with van der Waals surface area (Å²) in [5.74, 6) is -1.85. The number of carbonyl (C=O) groups excluding carboxylic acids is 3. The van der Waals surface area contributed by atoms with Crippen LogP contribution < -0.4 is 0 Å². The fourth-order valence-electron chi connectivity index (χ4n) is 3.31. The monoisotopic (exact) mass is 396 g/mol. The second-order valence-electron chi connectivity index (χ2n) is 8.05. The van der Waals surface area contributed by atoms with Crippen LogP contribution in [0.25, 0.3) is 0 Å². The van der Waals surface area contributed by atoms with E-state index in [2.05, 4.69) is 0 Å². The zero-order chi connectivity index (χ0) is 21.1. The van der Waals surface area contributed by atoms with E-state index in [0.29, 0.717) is 11.9 Å². The van der Waals surface area contributed by atoms with Gasteiger partial charge in [0, 0.05) is 30.4 Å². The molecule has 1 heterocycles. The molecule has 2 aliphatic rings. The van der Waals surface area contributed by atoms with Crippen molar-refractivity contribution in [1.82, 2.24) is 0 Å². The Kier molecular flexibility index (Phi) is 6.80. The van der Waals surface area contributed by atoms with Gasteiger partial charge in [0.05, 0.1) is 13.2 Å². The number of rotatable bonds is 6. The maximum absolute atomic E-state index is 13.0. The predicted molar refractivity (Wildman–Crippen MR) is 97.9 cm³/mol. The maximum Gasteiger partial charge on any atom is 0.342 e. The summed E-state index contributed by atoms with van der Waals surface area (Å²) >= 11 is 0. The lowest BCUT2D eigenvalue weighted by atomic mass is 9.73. The molecule has 0 aromatic rings. The van der Waals surface area contributed by atoms with Gasteiger partial charge in [0.25, 0.3) is 0 Å². The van der Waals surface area contributed by atoms with E-state index in [1.54, 1.807) is 19.1 Å². The predicted octanol–water partition coefficient (Wildman–Crippen LogP) is 1.92. The molecule has 156 valence electrons. The quantitative estimate of drug-likeness (QED) is 0.291. The van der Waals surface area contributed by atoms with Crippen LogP contribution in [0.2, 0.25) is 0 Å². The molecule has 8 nitrogen and oxygen atoms in total. The molecule has 0 bridgehead atoms. The van der Waals surface area contributed by atoms with Crippen molar-refractivity contribution in [2.75, 3.05) is 21.0 Å². The average Bonchev–Trinajstić information content (AvgIpc) is 2.98. The summed E-state index contributed by atoms with van der Waals surface area (Å²) in [6.07, 6.45) is 2.34. The van der Waals surface area contributed by atoms with Crippen molar-refractivity contribution in [2.24, 2.45) is 11.3 Å². The van der Waals surface area contributed by atoms with E-state index in [-0.39, 0.29) is 18.8 Å². The van der Waals surface area contributed by atoms with E-state index in [0.717, 1.165) is 0 Å². The van der Waals surface area contributed by atoms with Gasteiger partial charge in [-0.25, -0.2) is 9.59 Å². The highest BCUT2D eigenvalue weighted by atomic mass is 16.8. The van der Waals surface area contributed by atoms with E-state index in [4.69, 9.17) is 23.7 Å². The van der Waals surface area contributed by atoms with Crippen LogP contribution in [0, 0.1) is 11.3 Å². The lowest BCUT2D eigenvalue weighted by Gasteiger charge is -2.39. The minimum Gasteiger partial charge on any atom is -0.466 e. The van der Waals surface area contributed by atoms with Gasteiger partial charge in [-0.1, -0.05) is 26.8 Å². The van der Waals surface area contributed by atoms with Crippen molar-refractivity contribution in [3.8, 4) is 0 Å². The highest BCUT2D eigenvalue weighted by Crippen LogP contribution is 2.47. The Balaban J connectivity index is 2.56. The van der Waals surface area contributed by atoms with Crippen LogP contribution in [-0.2, 0) is 38.1 Å². The van der Waals surface area contributed by atoms with Gasteiger partial charge in [-0.15, -0.1) is 0 Å². The van der Waals surface area contributed by atoms with Crippen molar-refractivity contribution < 1.29 is 38.1 Å². The zero-order valence-electron chi connectivity index (χ0n) is 17.1. The molecule has 1 fully saturated rings. The number of hydrogen-bond acceptors (Lipinski definition) is 8. The van der Waals surface area contributed by atoms with Crippen LogP contribution in [0.5, 0.6) is 0 Å². The molecule has 0 amide bonds. The molecule has 4 atom stereocenters. The van der Waals surface area contributed by atoms with Gasteiger partial charge < -0.3 is 23.7 Å². The van der Waals surface area contributed by atoms with Crippen molar-refractivity contribution >= 4 is 18.2 Å². The van der Waals surface area contributed by atoms with E-state index in [1.807, 2.05) is 20.8 Å². The first-order chi connectivity index (χ1) is 13.1. The van der Waals surface area contributed by atoms with Crippen LogP contribution in [-0.4, -0.2) is 57.2 Å². The second-order valence-corrected chi connectivity index (χ2v) is 8.05. The maximum atomic E-state index is 13.0. The third-order valence-electron chi connectivity index (χ3n) is 4.79. The van der Waals surface area contributed by atoms with Gasteiger partial charge in [-0.2, -0.15) is 0 Å². The summed E-state index contributed by atoms with van der Waals surface area (Å²) in [6, 6.07) is 0. The number of carbonyl (C=O) groups is 3. The Morgan fingerprint density at radius 2 is 2.04 bits per heavy atom. The van der Waals surface area contributed by atoms with Crippen molar-refractivity contribution in [1.29, 1.82) is 0 Å². The van der Waals surface area contributed by atoms with Gasteiger partial charge in [-0.3, -0.25) is 4.79 Å². The largest absolute Gasteiger partial charge is 0.466 e. The number of cyclic esters (lactones) is 1. The minimum absolute atomic E-state index is 0.0182. The lowest BCUT2D eigenvalue weighted by molar-refractivity contribution is -0.172. The van der Waals surface area contributed by atoms with Gasteiger partial charge in [0.15, 0.2) is 5.60 Å². The molecule has 0 saturated carbocycles. The van der Waals surface area contributed by atoms with Crippen molar-refractivity contribution in [3.63, 3.8) is 0 Å². The number of esters is 2. The molecule has 0 N–H and O–H groups in total. The molecule has 28 heavy (non-hydrogen) atoms. The Hall–Kier alpha value is -2.03. The van der Waals surface area contributed by atoms with Gasteiger partial charge in [-0.05, 0) is 18.6 Å². The summed E-state index contributed by atoms with van der Waals surface area (Å²) < 4.78 is 27.1. The molecule has 1 aliphatic heterocycles. The number of methoxy groups -OCH3 is 2. The summed E-state index contributed by atoms with van der Waals surface area (Å²) in [4.78, 5) is 36.5. The minimum atomic E-state index is -1.49. The van der Waals surface area contributed by atoms with Crippen LogP contribution in [0.4, 0.5) is 0 Å². The zero-order valence-corrected chi connectivity index (χ0v) is 17.1. The van der Waals surface area contributed by atoms with Gasteiger partial charge >= 0.3 is 11.9 Å². The molecule has 8 heteroatoms. The summed E-state index contributed by atoms with van der Waals surface area (Å²) in [5, 5.41) is 0. The van der Waals surface area contributed by atoms with E-state index in [9.17, 15) is 14.4 Å². The Labute approximate surface area is 164 Å². The molecule has 2 rings (SSSR count). The highest BCUT2D eigenvalue weighted by molar-refractivity contribution is 5.89. The Morgan fingerprint density at radius 1 is 1.36 bits per heavy atom. The first-order valence-electron chi connectivity index (χ1n) is 9.01. The second kappa shape index (κ2) is 8.55. The SMILES string of the molecule is COCO[C@H]1C=C(C=O)C[C@]2(O[C@@H](C(C)(C)C)OC2=O)[C@@H]1/C=C(\C)C(=O)OC. The fraction of sp³-hybridized carbons (Fsp3) is 0.650.